The SMILES string of the molecule is O=C(N[C@H]1CCSc2ccccc21)c1c(F)cccc1Cl. The number of hydrogen-bond acceptors (Lipinski definition) is 2. The van der Waals surface area contributed by atoms with Gasteiger partial charge in [-0.15, -0.1) is 11.8 Å². The van der Waals surface area contributed by atoms with Crippen LogP contribution in [0.4, 0.5) is 4.39 Å². The fourth-order valence-corrected chi connectivity index (χ4v) is 3.81. The summed E-state index contributed by atoms with van der Waals surface area (Å²) < 4.78 is 13.8. The quantitative estimate of drug-likeness (QED) is 0.885. The van der Waals surface area contributed by atoms with E-state index in [1.54, 1.807) is 11.8 Å². The second-order valence-corrected chi connectivity index (χ2v) is 6.34. The number of hydrogen-bond donors (Lipinski definition) is 1. The molecule has 1 aliphatic rings. The van der Waals surface area contributed by atoms with Crippen LogP contribution in [0.15, 0.2) is 47.4 Å². The number of carbonyl (C=O) groups excluding carboxylic acids is 1. The Bertz CT molecular complexity index is 671. The molecular weight excluding hydrogens is 309 g/mol. The molecule has 3 rings (SSSR count). The van der Waals surface area contributed by atoms with Gasteiger partial charge < -0.3 is 5.32 Å². The molecule has 1 atom stereocenters. The first-order valence-electron chi connectivity index (χ1n) is 6.63. The highest BCUT2D eigenvalue weighted by molar-refractivity contribution is 7.99. The fraction of sp³-hybridized carbons (Fsp3) is 0.188. The summed E-state index contributed by atoms with van der Waals surface area (Å²) in [7, 11) is 0. The molecule has 1 amide bonds. The molecule has 2 nitrogen and oxygen atoms in total. The van der Waals surface area contributed by atoms with Crippen LogP contribution in [-0.2, 0) is 0 Å². The van der Waals surface area contributed by atoms with Gasteiger partial charge in [0.1, 0.15) is 5.82 Å². The largest absolute Gasteiger partial charge is 0.345 e. The van der Waals surface area contributed by atoms with Crippen LogP contribution < -0.4 is 5.32 Å². The summed E-state index contributed by atoms with van der Waals surface area (Å²) in [5.74, 6) is -0.143. The summed E-state index contributed by atoms with van der Waals surface area (Å²) in [6, 6.07) is 12.1. The molecule has 0 aliphatic carbocycles. The third kappa shape index (κ3) is 2.92. The maximum absolute atomic E-state index is 13.8. The fourth-order valence-electron chi connectivity index (χ4n) is 2.44. The topological polar surface area (TPSA) is 29.1 Å². The number of benzene rings is 2. The maximum atomic E-state index is 13.8. The summed E-state index contributed by atoms with van der Waals surface area (Å²) in [6.07, 6.45) is 0.819. The molecule has 0 radical (unpaired) electrons. The Kier molecular flexibility index (Phi) is 4.17. The van der Waals surface area contributed by atoms with Crippen LogP contribution >= 0.6 is 23.4 Å². The van der Waals surface area contributed by atoms with Crippen molar-refractivity contribution < 1.29 is 9.18 Å². The molecule has 0 spiro atoms. The predicted molar refractivity (Wildman–Crippen MR) is 83.4 cm³/mol. The number of amides is 1. The van der Waals surface area contributed by atoms with Crippen LogP contribution in [-0.4, -0.2) is 11.7 Å². The number of nitrogens with one attached hydrogen (secondary N) is 1. The molecule has 1 N–H and O–H groups in total. The number of rotatable bonds is 2. The van der Waals surface area contributed by atoms with E-state index in [-0.39, 0.29) is 16.6 Å². The molecule has 21 heavy (non-hydrogen) atoms. The molecule has 5 heteroatoms. The van der Waals surface area contributed by atoms with Crippen LogP contribution in [0, 0.1) is 5.82 Å². The summed E-state index contributed by atoms with van der Waals surface area (Å²) in [4.78, 5) is 13.5. The van der Waals surface area contributed by atoms with Gasteiger partial charge >= 0.3 is 0 Å². The zero-order valence-electron chi connectivity index (χ0n) is 11.1. The van der Waals surface area contributed by atoms with Crippen molar-refractivity contribution in [3.05, 3.63) is 64.4 Å². The lowest BCUT2D eigenvalue weighted by molar-refractivity contribution is 0.0931. The molecule has 0 aromatic heterocycles. The number of carbonyl (C=O) groups is 1. The number of fused-ring (bicyclic) bond motifs is 1. The van der Waals surface area contributed by atoms with Gasteiger partial charge in [-0.25, -0.2) is 4.39 Å². The minimum atomic E-state index is -0.599. The Morgan fingerprint density at radius 1 is 1.24 bits per heavy atom. The molecule has 2 aromatic rings. The minimum absolute atomic E-state index is 0.0881. The minimum Gasteiger partial charge on any atom is -0.345 e. The van der Waals surface area contributed by atoms with Crippen molar-refractivity contribution in [2.75, 3.05) is 5.75 Å². The molecule has 0 bridgehead atoms. The first-order chi connectivity index (χ1) is 10.2. The first kappa shape index (κ1) is 14.4. The highest BCUT2D eigenvalue weighted by atomic mass is 35.5. The van der Waals surface area contributed by atoms with Gasteiger partial charge in [0, 0.05) is 10.6 Å². The standard InChI is InChI=1S/C16H13ClFNOS/c17-11-5-3-6-12(18)15(11)16(20)19-13-8-9-21-14-7-2-1-4-10(13)14/h1-7,13H,8-9H2,(H,19,20)/t13-/m0/s1. The van der Waals surface area contributed by atoms with Gasteiger partial charge in [0.15, 0.2) is 0 Å². The van der Waals surface area contributed by atoms with E-state index >= 15 is 0 Å². The van der Waals surface area contributed by atoms with Gasteiger partial charge in [0.05, 0.1) is 16.6 Å². The second-order valence-electron chi connectivity index (χ2n) is 4.80. The number of thioether (sulfide) groups is 1. The van der Waals surface area contributed by atoms with Crippen LogP contribution in [0.3, 0.4) is 0 Å². The van der Waals surface area contributed by atoms with Crippen molar-refractivity contribution in [3.8, 4) is 0 Å². The Balaban J connectivity index is 1.86. The highest BCUT2D eigenvalue weighted by Crippen LogP contribution is 2.36. The normalized spacial score (nSPS) is 17.1. The Hall–Kier alpha value is -1.52. The molecule has 108 valence electrons. The molecule has 0 fully saturated rings. The van der Waals surface area contributed by atoms with Crippen molar-refractivity contribution in [3.63, 3.8) is 0 Å². The van der Waals surface area contributed by atoms with Crippen LogP contribution in [0.2, 0.25) is 5.02 Å². The lowest BCUT2D eigenvalue weighted by atomic mass is 10.0. The van der Waals surface area contributed by atoms with E-state index in [4.69, 9.17) is 11.6 Å². The Morgan fingerprint density at radius 2 is 2.05 bits per heavy atom. The third-order valence-electron chi connectivity index (χ3n) is 3.45. The Morgan fingerprint density at radius 3 is 2.86 bits per heavy atom. The smallest absolute Gasteiger partial charge is 0.256 e. The average Bonchev–Trinajstić information content (AvgIpc) is 2.47. The van der Waals surface area contributed by atoms with E-state index < -0.39 is 11.7 Å². The van der Waals surface area contributed by atoms with Gasteiger partial charge in [0.2, 0.25) is 0 Å². The monoisotopic (exact) mass is 321 g/mol. The van der Waals surface area contributed by atoms with Gasteiger partial charge in [-0.2, -0.15) is 0 Å². The second kappa shape index (κ2) is 6.08. The van der Waals surface area contributed by atoms with Crippen molar-refractivity contribution in [2.24, 2.45) is 0 Å². The van der Waals surface area contributed by atoms with Gasteiger partial charge in [-0.3, -0.25) is 4.79 Å². The zero-order valence-corrected chi connectivity index (χ0v) is 12.7. The lowest BCUT2D eigenvalue weighted by Gasteiger charge is -2.26. The van der Waals surface area contributed by atoms with Gasteiger partial charge in [-0.05, 0) is 30.2 Å². The zero-order chi connectivity index (χ0) is 14.8. The van der Waals surface area contributed by atoms with Crippen molar-refractivity contribution in [1.82, 2.24) is 5.32 Å². The summed E-state index contributed by atoms with van der Waals surface area (Å²) in [6.45, 7) is 0. The number of halogens is 2. The maximum Gasteiger partial charge on any atom is 0.256 e. The van der Waals surface area contributed by atoms with E-state index in [1.807, 2.05) is 24.3 Å². The molecule has 0 saturated carbocycles. The molecule has 1 aliphatic heterocycles. The van der Waals surface area contributed by atoms with E-state index in [1.165, 1.54) is 18.2 Å². The predicted octanol–water partition coefficient (Wildman–Crippen LogP) is 4.45. The van der Waals surface area contributed by atoms with E-state index in [9.17, 15) is 9.18 Å². The van der Waals surface area contributed by atoms with E-state index in [2.05, 4.69) is 5.32 Å². The summed E-state index contributed by atoms with van der Waals surface area (Å²) in [5, 5.41) is 3.03. The van der Waals surface area contributed by atoms with Crippen molar-refractivity contribution in [1.29, 1.82) is 0 Å². The lowest BCUT2D eigenvalue weighted by Crippen LogP contribution is -2.31. The molecule has 0 saturated heterocycles. The summed E-state index contributed by atoms with van der Waals surface area (Å²) >= 11 is 7.71. The van der Waals surface area contributed by atoms with E-state index in [0.717, 1.165) is 22.6 Å². The van der Waals surface area contributed by atoms with Crippen molar-refractivity contribution >= 4 is 29.3 Å². The molecule has 2 aromatic carbocycles. The van der Waals surface area contributed by atoms with Crippen LogP contribution in [0.25, 0.3) is 0 Å². The van der Waals surface area contributed by atoms with Crippen LogP contribution in [0.1, 0.15) is 28.4 Å². The summed E-state index contributed by atoms with van der Waals surface area (Å²) in [5.41, 5.74) is 0.990. The van der Waals surface area contributed by atoms with Crippen LogP contribution in [0.5, 0.6) is 0 Å². The third-order valence-corrected chi connectivity index (χ3v) is 4.89. The van der Waals surface area contributed by atoms with Gasteiger partial charge in [0.25, 0.3) is 5.91 Å². The van der Waals surface area contributed by atoms with Crippen molar-refractivity contribution in [2.45, 2.75) is 17.4 Å². The Labute approximate surface area is 131 Å². The average molecular weight is 322 g/mol. The molecular formula is C16H13ClFNOS. The van der Waals surface area contributed by atoms with Gasteiger partial charge in [-0.1, -0.05) is 35.9 Å². The van der Waals surface area contributed by atoms with E-state index in [0.29, 0.717) is 0 Å². The molecule has 1 heterocycles. The first-order valence-corrected chi connectivity index (χ1v) is 8.00. The highest BCUT2D eigenvalue weighted by Gasteiger charge is 2.24. The molecule has 0 unspecified atom stereocenters.